The zero-order valence-corrected chi connectivity index (χ0v) is 14.9. The van der Waals surface area contributed by atoms with E-state index in [2.05, 4.69) is 5.32 Å². The average Bonchev–Trinajstić information content (AvgIpc) is 2.66. The Bertz CT molecular complexity index is 892. The summed E-state index contributed by atoms with van der Waals surface area (Å²) in [6, 6.07) is 6.98. The minimum atomic E-state index is -1.10. The smallest absolute Gasteiger partial charge is 0.335 e. The number of aliphatic carboxylic acids is 1. The van der Waals surface area contributed by atoms with Crippen molar-refractivity contribution in [2.75, 3.05) is 6.61 Å². The summed E-state index contributed by atoms with van der Waals surface area (Å²) in [5.74, 6) is -3.26. The molecule has 2 aromatic carbocycles. The quantitative estimate of drug-likeness (QED) is 0.403. The Hall–Kier alpha value is -3.59. The Balaban J connectivity index is 2.09. The van der Waals surface area contributed by atoms with Crippen LogP contribution < -0.4 is 10.1 Å². The lowest BCUT2D eigenvalue weighted by atomic mass is 10.0. The molecule has 0 aromatic heterocycles. The van der Waals surface area contributed by atoms with E-state index < -0.39 is 36.1 Å². The molecule has 9 heteroatoms. The van der Waals surface area contributed by atoms with Crippen LogP contribution in [0.2, 0.25) is 0 Å². The van der Waals surface area contributed by atoms with Gasteiger partial charge in [-0.2, -0.15) is 0 Å². The number of carboxylic acids is 2. The van der Waals surface area contributed by atoms with Crippen LogP contribution in [0.25, 0.3) is 0 Å². The maximum absolute atomic E-state index is 12.3. The van der Waals surface area contributed by atoms with Crippen LogP contribution in [0.5, 0.6) is 17.2 Å². The molecule has 9 nitrogen and oxygen atoms in total. The Morgan fingerprint density at radius 2 is 1.68 bits per heavy atom. The van der Waals surface area contributed by atoms with Gasteiger partial charge in [-0.1, -0.05) is 0 Å². The predicted octanol–water partition coefficient (Wildman–Crippen LogP) is 1.62. The van der Waals surface area contributed by atoms with Crippen molar-refractivity contribution in [3.63, 3.8) is 0 Å². The average molecular weight is 389 g/mol. The maximum Gasteiger partial charge on any atom is 0.335 e. The number of hydrogen-bond donors (Lipinski definition) is 5. The van der Waals surface area contributed by atoms with Gasteiger partial charge in [-0.05, 0) is 43.3 Å². The number of carboxylic acid groups (broad SMARTS) is 2. The number of aromatic carboxylic acids is 1. The van der Waals surface area contributed by atoms with E-state index in [9.17, 15) is 24.6 Å². The largest absolute Gasteiger partial charge is 0.507 e. The van der Waals surface area contributed by atoms with Crippen molar-refractivity contribution in [3.8, 4) is 17.2 Å². The lowest BCUT2D eigenvalue weighted by Crippen LogP contribution is -2.33. The van der Waals surface area contributed by atoms with Crippen LogP contribution in [0.15, 0.2) is 36.4 Å². The van der Waals surface area contributed by atoms with E-state index in [1.807, 2.05) is 0 Å². The number of carbonyl (C=O) groups excluding carboxylic acids is 1. The van der Waals surface area contributed by atoms with Gasteiger partial charge >= 0.3 is 11.9 Å². The van der Waals surface area contributed by atoms with Gasteiger partial charge in [0.1, 0.15) is 23.3 Å². The monoisotopic (exact) mass is 389 g/mol. The fraction of sp³-hybridized carbons (Fsp3) is 0.211. The molecule has 0 bridgehead atoms. The maximum atomic E-state index is 12.3. The van der Waals surface area contributed by atoms with Gasteiger partial charge in [0, 0.05) is 6.54 Å². The molecule has 0 fully saturated rings. The third-order valence-electron chi connectivity index (χ3n) is 3.99. The van der Waals surface area contributed by atoms with Crippen LogP contribution in [0, 0.1) is 0 Å². The molecular weight excluding hydrogens is 370 g/mol. The van der Waals surface area contributed by atoms with Gasteiger partial charge in [0.05, 0.1) is 16.7 Å². The summed E-state index contributed by atoms with van der Waals surface area (Å²) < 4.78 is 5.30. The molecule has 0 saturated heterocycles. The van der Waals surface area contributed by atoms with Crippen LogP contribution in [0.4, 0.5) is 0 Å². The minimum absolute atomic E-state index is 0.00948. The fourth-order valence-electron chi connectivity index (χ4n) is 2.29. The van der Waals surface area contributed by atoms with E-state index in [1.54, 1.807) is 0 Å². The predicted molar refractivity (Wildman–Crippen MR) is 96.9 cm³/mol. The van der Waals surface area contributed by atoms with Crippen LogP contribution in [-0.4, -0.2) is 50.8 Å². The molecule has 1 unspecified atom stereocenters. The summed E-state index contributed by atoms with van der Waals surface area (Å²) in [7, 11) is 0. The zero-order chi connectivity index (χ0) is 20.8. The fourth-order valence-corrected chi connectivity index (χ4v) is 2.29. The van der Waals surface area contributed by atoms with Gasteiger partial charge in [0.2, 0.25) is 5.78 Å². The molecule has 0 aliphatic carbocycles. The van der Waals surface area contributed by atoms with Crippen molar-refractivity contribution in [1.29, 1.82) is 0 Å². The summed E-state index contributed by atoms with van der Waals surface area (Å²) in [5, 5.41) is 40.5. The molecule has 28 heavy (non-hydrogen) atoms. The summed E-state index contributed by atoms with van der Waals surface area (Å²) >= 11 is 0. The molecular formula is C19H19NO8. The highest BCUT2D eigenvalue weighted by molar-refractivity contribution is 6.00. The number of ketones is 1. The third kappa shape index (κ3) is 4.98. The highest BCUT2D eigenvalue weighted by atomic mass is 16.5. The number of ether oxygens (including phenoxy) is 1. The van der Waals surface area contributed by atoms with Crippen LogP contribution in [-0.2, 0) is 11.3 Å². The number of benzene rings is 2. The van der Waals surface area contributed by atoms with E-state index in [0.717, 1.165) is 0 Å². The third-order valence-corrected chi connectivity index (χ3v) is 3.99. The molecule has 0 radical (unpaired) electrons. The molecule has 2 rings (SSSR count). The Morgan fingerprint density at radius 3 is 2.25 bits per heavy atom. The minimum Gasteiger partial charge on any atom is -0.507 e. The molecule has 0 aliphatic heterocycles. The van der Waals surface area contributed by atoms with E-state index in [0.29, 0.717) is 0 Å². The number of Topliss-reactive ketones (excluding diaryl/α,β-unsaturated/α-hetero) is 1. The molecule has 0 spiro atoms. The number of carbonyl (C=O) groups is 3. The van der Waals surface area contributed by atoms with E-state index in [4.69, 9.17) is 14.9 Å². The van der Waals surface area contributed by atoms with Crippen molar-refractivity contribution in [2.24, 2.45) is 0 Å². The second-order valence-electron chi connectivity index (χ2n) is 5.94. The standard InChI is InChI=1S/C19H19NO8/c1-10(18(24)25)20-8-14-15(21)7-6-13(17(14)23)16(22)9-28-12-4-2-11(3-5-12)19(26)27/h2-7,10,20-21,23H,8-9H2,1H3,(H,24,25)(H,26,27). The van der Waals surface area contributed by atoms with E-state index in [-0.39, 0.29) is 34.7 Å². The first-order chi connectivity index (χ1) is 13.2. The van der Waals surface area contributed by atoms with Crippen LogP contribution >= 0.6 is 0 Å². The summed E-state index contributed by atoms with van der Waals surface area (Å²) in [5.41, 5.74) is -0.0351. The normalized spacial score (nSPS) is 11.6. The molecule has 2 aromatic rings. The summed E-state index contributed by atoms with van der Waals surface area (Å²) in [4.78, 5) is 34.0. The second kappa shape index (κ2) is 8.87. The SMILES string of the molecule is CC(NCc1c(O)ccc(C(=O)COc2ccc(C(=O)O)cc2)c1O)C(=O)O. The molecule has 5 N–H and O–H groups in total. The van der Waals surface area contributed by atoms with Gasteiger partial charge in [0.25, 0.3) is 0 Å². The highest BCUT2D eigenvalue weighted by Crippen LogP contribution is 2.31. The number of aromatic hydroxyl groups is 2. The number of rotatable bonds is 9. The molecule has 148 valence electrons. The van der Waals surface area contributed by atoms with Gasteiger partial charge in [-0.3, -0.25) is 9.59 Å². The number of nitrogens with one attached hydrogen (secondary N) is 1. The van der Waals surface area contributed by atoms with E-state index in [1.165, 1.54) is 43.3 Å². The van der Waals surface area contributed by atoms with Crippen molar-refractivity contribution in [1.82, 2.24) is 5.32 Å². The van der Waals surface area contributed by atoms with Crippen molar-refractivity contribution in [3.05, 3.63) is 53.1 Å². The molecule has 0 saturated carbocycles. The van der Waals surface area contributed by atoms with Crippen molar-refractivity contribution in [2.45, 2.75) is 19.5 Å². The first-order valence-corrected chi connectivity index (χ1v) is 8.20. The number of phenols is 2. The lowest BCUT2D eigenvalue weighted by molar-refractivity contribution is -0.139. The zero-order valence-electron chi connectivity index (χ0n) is 14.9. The van der Waals surface area contributed by atoms with Gasteiger partial charge in [-0.25, -0.2) is 4.79 Å². The summed E-state index contributed by atoms with van der Waals surface area (Å²) in [6.45, 7) is 0.807. The molecule has 0 amide bonds. The Kier molecular flexibility index (Phi) is 6.56. The molecule has 1 atom stereocenters. The van der Waals surface area contributed by atoms with Crippen molar-refractivity contribution >= 4 is 17.7 Å². The van der Waals surface area contributed by atoms with Crippen LogP contribution in [0.3, 0.4) is 0 Å². The van der Waals surface area contributed by atoms with E-state index >= 15 is 0 Å². The first-order valence-electron chi connectivity index (χ1n) is 8.20. The Labute approximate surface area is 159 Å². The highest BCUT2D eigenvalue weighted by Gasteiger charge is 2.19. The second-order valence-corrected chi connectivity index (χ2v) is 5.94. The topological polar surface area (TPSA) is 153 Å². The summed E-state index contributed by atoms with van der Waals surface area (Å²) in [6.07, 6.45) is 0. The number of hydrogen-bond acceptors (Lipinski definition) is 7. The Morgan fingerprint density at radius 1 is 1.04 bits per heavy atom. The molecule has 0 heterocycles. The van der Waals surface area contributed by atoms with Gasteiger partial charge in [-0.15, -0.1) is 0 Å². The van der Waals surface area contributed by atoms with Crippen LogP contribution in [0.1, 0.15) is 33.2 Å². The van der Waals surface area contributed by atoms with Crippen molar-refractivity contribution < 1.29 is 39.5 Å². The first kappa shape index (κ1) is 20.7. The van der Waals surface area contributed by atoms with Gasteiger partial charge < -0.3 is 30.5 Å². The molecule has 0 aliphatic rings. The van der Waals surface area contributed by atoms with Gasteiger partial charge in [0.15, 0.2) is 6.61 Å². The number of phenolic OH excluding ortho intramolecular Hbond substituents is 2. The lowest BCUT2D eigenvalue weighted by Gasteiger charge is -2.14.